The second-order valence-corrected chi connectivity index (χ2v) is 21.4. The van der Waals surface area contributed by atoms with Crippen molar-refractivity contribution >= 4 is 34.0 Å². The number of hydrogen-bond acceptors (Lipinski definition) is 15. The van der Waals surface area contributed by atoms with Crippen LogP contribution in [0, 0.1) is 58.0 Å². The summed E-state index contributed by atoms with van der Waals surface area (Å²) in [5.74, 6) is 13.2. The summed E-state index contributed by atoms with van der Waals surface area (Å²) in [7, 11) is 5.99. The third-order valence-electron chi connectivity index (χ3n) is 15.2. The van der Waals surface area contributed by atoms with Gasteiger partial charge in [0.25, 0.3) is 0 Å². The fraction of sp³-hybridized carbons (Fsp3) is 0.184. The van der Waals surface area contributed by atoms with Gasteiger partial charge < -0.3 is 42.7 Å². The molecule has 0 radical (unpaired) electrons. The monoisotopic (exact) mass is 1270 g/mol. The molecule has 474 valence electrons. The molecule has 0 aliphatic rings. The molecule has 19 heteroatoms. The van der Waals surface area contributed by atoms with Crippen molar-refractivity contribution in [2.75, 3.05) is 48.3 Å². The standard InChI is InChI=1S/C40H31FN4O4.C36H31FN4O5/c1-47-20-19-45-37-23-32(40(46)48-2)17-18-36(37)43-38(45)24-30-15-16-31(22-29(30)13-11-27-7-4-3-5-8-27)35-9-6-10-39(44-35)49-26-33-14-12-28(25-42)21-34(33)41;1-44-17-15-41-33-20-28(36(43)45-2)13-14-32(33)39-34(41)21-26-11-12-27(19-25(26)6-3-4-16-42)31-7-5-8-35(40-31)46-23-29-10-9-24(22-38)18-30(29)37/h3-10,12,14-18,21-23H,19-20,24,26H2,1-2H3;5,7-14,18-20,42H,4,15-17,21,23H2,1-2H3. The van der Waals surface area contributed by atoms with E-state index in [-0.39, 0.29) is 30.9 Å². The van der Waals surface area contributed by atoms with Crippen molar-refractivity contribution in [2.24, 2.45) is 0 Å². The van der Waals surface area contributed by atoms with Crippen molar-refractivity contribution in [1.29, 1.82) is 10.5 Å². The van der Waals surface area contributed by atoms with Gasteiger partial charge >= 0.3 is 11.9 Å². The number of fused-ring (bicyclic) bond motifs is 2. The molecule has 11 rings (SSSR count). The topological polar surface area (TPSA) is 219 Å². The first kappa shape index (κ1) is 66.1. The number of carbonyl (C=O) groups is 2. The minimum absolute atomic E-state index is 0.0358. The van der Waals surface area contributed by atoms with Gasteiger partial charge in [-0.15, -0.1) is 0 Å². The fourth-order valence-electron chi connectivity index (χ4n) is 10.3. The molecule has 0 fully saturated rings. The number of aromatic nitrogens is 6. The summed E-state index contributed by atoms with van der Waals surface area (Å²) >= 11 is 0. The van der Waals surface area contributed by atoms with E-state index in [1.54, 1.807) is 74.9 Å². The average Bonchev–Trinajstić information content (AvgIpc) is 1.79. The van der Waals surface area contributed by atoms with E-state index in [1.165, 1.54) is 38.5 Å². The molecule has 7 aromatic carbocycles. The van der Waals surface area contributed by atoms with E-state index in [9.17, 15) is 23.5 Å². The molecule has 17 nitrogen and oxygen atoms in total. The normalized spacial score (nSPS) is 10.7. The first-order valence-corrected chi connectivity index (χ1v) is 30.0. The summed E-state index contributed by atoms with van der Waals surface area (Å²) < 4.78 is 65.1. The Balaban J connectivity index is 0.000000207. The van der Waals surface area contributed by atoms with E-state index in [2.05, 4.69) is 38.2 Å². The Bertz CT molecular complexity index is 4840. The maximum absolute atomic E-state index is 14.4. The molecule has 0 unspecified atom stereocenters. The van der Waals surface area contributed by atoms with Crippen LogP contribution in [0.2, 0.25) is 0 Å². The molecule has 95 heavy (non-hydrogen) atoms. The number of ether oxygens (including phenoxy) is 6. The summed E-state index contributed by atoms with van der Waals surface area (Å²) in [5, 5.41) is 27.3. The molecule has 0 amide bonds. The zero-order valence-corrected chi connectivity index (χ0v) is 52.4. The van der Waals surface area contributed by atoms with E-state index >= 15 is 0 Å². The second kappa shape index (κ2) is 31.9. The lowest BCUT2D eigenvalue weighted by atomic mass is 9.99. The van der Waals surface area contributed by atoms with Crippen molar-refractivity contribution < 1.29 is 51.9 Å². The first-order valence-electron chi connectivity index (χ1n) is 30.0. The van der Waals surface area contributed by atoms with Crippen LogP contribution in [-0.2, 0) is 58.1 Å². The molecule has 0 bridgehead atoms. The van der Waals surface area contributed by atoms with E-state index in [0.717, 1.165) is 72.7 Å². The first-order chi connectivity index (χ1) is 46.4. The molecule has 0 aliphatic heterocycles. The number of nitrogens with zero attached hydrogens (tertiary/aromatic N) is 8. The number of imidazole rings is 2. The summed E-state index contributed by atoms with van der Waals surface area (Å²) in [6.45, 7) is 1.84. The highest BCUT2D eigenvalue weighted by Crippen LogP contribution is 2.30. The molecule has 11 aromatic rings. The van der Waals surface area contributed by atoms with Crippen molar-refractivity contribution in [3.8, 4) is 70.1 Å². The van der Waals surface area contributed by atoms with Gasteiger partial charge in [-0.3, -0.25) is 0 Å². The summed E-state index contributed by atoms with van der Waals surface area (Å²) in [6, 6.07) is 55.3. The Hall–Kier alpha value is -11.8. The molecule has 4 aromatic heterocycles. The van der Waals surface area contributed by atoms with Crippen molar-refractivity contribution in [1.82, 2.24) is 29.1 Å². The van der Waals surface area contributed by atoms with Crippen LogP contribution in [0.4, 0.5) is 8.78 Å². The molecular formula is C76H62F2N8O9. The molecule has 0 saturated carbocycles. The van der Waals surface area contributed by atoms with Crippen LogP contribution in [0.25, 0.3) is 44.6 Å². The summed E-state index contributed by atoms with van der Waals surface area (Å²) in [4.78, 5) is 43.6. The number of aliphatic hydroxyl groups is 1. The van der Waals surface area contributed by atoms with Gasteiger partial charge in [0, 0.05) is 97.6 Å². The van der Waals surface area contributed by atoms with Gasteiger partial charge in [0.15, 0.2) is 0 Å². The van der Waals surface area contributed by atoms with E-state index in [1.807, 2.05) is 108 Å². The maximum Gasteiger partial charge on any atom is 0.337 e. The molecule has 1 N–H and O–H groups in total. The number of esters is 2. The van der Waals surface area contributed by atoms with Crippen LogP contribution in [0.1, 0.15) is 88.9 Å². The molecule has 0 spiro atoms. The van der Waals surface area contributed by atoms with Crippen LogP contribution >= 0.6 is 0 Å². The van der Waals surface area contributed by atoms with Crippen LogP contribution in [0.15, 0.2) is 176 Å². The van der Waals surface area contributed by atoms with Crippen LogP contribution in [-0.4, -0.2) is 94.4 Å². The van der Waals surface area contributed by atoms with E-state index < -0.39 is 23.6 Å². The lowest BCUT2D eigenvalue weighted by Crippen LogP contribution is -2.10. The quantitative estimate of drug-likeness (QED) is 0.0522. The highest BCUT2D eigenvalue weighted by molar-refractivity contribution is 5.94. The minimum atomic E-state index is -0.517. The third-order valence-corrected chi connectivity index (χ3v) is 15.2. The lowest BCUT2D eigenvalue weighted by Gasteiger charge is -2.12. The highest BCUT2D eigenvalue weighted by Gasteiger charge is 2.20. The third kappa shape index (κ3) is 16.6. The highest BCUT2D eigenvalue weighted by atomic mass is 19.1. The van der Waals surface area contributed by atoms with Gasteiger partial charge in [-0.2, -0.15) is 10.5 Å². The van der Waals surface area contributed by atoms with E-state index in [4.69, 9.17) is 48.9 Å². The molecular weight excluding hydrogens is 1210 g/mol. The van der Waals surface area contributed by atoms with Gasteiger partial charge in [0.05, 0.1) is 102 Å². The number of hydrogen-bond donors (Lipinski definition) is 1. The number of methoxy groups -OCH3 is 4. The number of halogens is 2. The summed E-state index contributed by atoms with van der Waals surface area (Å²) in [5.41, 5.74) is 12.3. The predicted molar refractivity (Wildman–Crippen MR) is 353 cm³/mol. The number of nitriles is 2. The van der Waals surface area contributed by atoms with Gasteiger partial charge in [0.1, 0.15) is 36.5 Å². The Morgan fingerprint density at radius 3 is 1.41 bits per heavy atom. The Labute approximate surface area is 547 Å². The summed E-state index contributed by atoms with van der Waals surface area (Å²) in [6.07, 6.45) is 1.24. The SMILES string of the molecule is COCCn1c(Cc2ccc(-c3cccc(OCc4ccc(C#N)cc4F)n3)cc2C#CCCO)nc2ccc(C(=O)OC)cc21.COCCn1c(Cc2ccc(-c3cccc(OCc4ccc(C#N)cc4F)n3)cc2C#Cc2ccccc2)nc2ccc(C(=O)OC)cc21. The smallest absolute Gasteiger partial charge is 0.337 e. The van der Waals surface area contributed by atoms with E-state index in [0.29, 0.717) is 91.0 Å². The number of pyridine rings is 2. The van der Waals surface area contributed by atoms with Crippen molar-refractivity contribution in [3.63, 3.8) is 0 Å². The maximum atomic E-state index is 14.4. The van der Waals surface area contributed by atoms with Gasteiger partial charge in [-0.25, -0.2) is 38.3 Å². The number of benzene rings is 7. The number of carbonyl (C=O) groups excluding carboxylic acids is 2. The van der Waals surface area contributed by atoms with Gasteiger partial charge in [0.2, 0.25) is 11.8 Å². The number of rotatable bonds is 21. The van der Waals surface area contributed by atoms with Crippen LogP contribution in [0.3, 0.4) is 0 Å². The van der Waals surface area contributed by atoms with Gasteiger partial charge in [-0.1, -0.05) is 90.4 Å². The molecule has 0 saturated heterocycles. The second-order valence-electron chi connectivity index (χ2n) is 21.4. The van der Waals surface area contributed by atoms with Crippen molar-refractivity contribution in [3.05, 3.63) is 260 Å². The fourth-order valence-corrected chi connectivity index (χ4v) is 10.3. The van der Waals surface area contributed by atoms with Gasteiger partial charge in [-0.05, 0) is 108 Å². The lowest BCUT2D eigenvalue weighted by molar-refractivity contribution is 0.0592. The largest absolute Gasteiger partial charge is 0.473 e. The molecule has 0 aliphatic carbocycles. The zero-order chi connectivity index (χ0) is 66.6. The van der Waals surface area contributed by atoms with Crippen LogP contribution in [0.5, 0.6) is 11.8 Å². The molecule has 0 atom stereocenters. The Morgan fingerprint density at radius 2 is 0.968 bits per heavy atom. The van der Waals surface area contributed by atoms with Crippen molar-refractivity contribution in [2.45, 2.75) is 45.6 Å². The average molecular weight is 1270 g/mol. The Kier molecular flexibility index (Phi) is 22.2. The Morgan fingerprint density at radius 1 is 0.495 bits per heavy atom. The zero-order valence-electron chi connectivity index (χ0n) is 52.4. The van der Waals surface area contributed by atoms with Crippen LogP contribution < -0.4 is 9.47 Å². The minimum Gasteiger partial charge on any atom is -0.473 e. The molecule has 4 heterocycles. The predicted octanol–water partition coefficient (Wildman–Crippen LogP) is 12.6. The number of aliphatic hydroxyl groups excluding tert-OH is 1.